The number of carbonyl (C=O) groups is 2. The van der Waals surface area contributed by atoms with Gasteiger partial charge in [0.15, 0.2) is 0 Å². The molecule has 1 aliphatic carbocycles. The Morgan fingerprint density at radius 2 is 2.05 bits per heavy atom. The molecule has 1 aromatic rings. The van der Waals surface area contributed by atoms with E-state index in [-0.39, 0.29) is 30.3 Å². The first-order valence-corrected chi connectivity index (χ1v) is 6.41. The highest BCUT2D eigenvalue weighted by atomic mass is 16.2. The Morgan fingerprint density at radius 1 is 1.37 bits per heavy atom. The number of primary amides is 1. The Balaban J connectivity index is 1.76. The van der Waals surface area contributed by atoms with Crippen LogP contribution in [0.3, 0.4) is 0 Å². The van der Waals surface area contributed by atoms with Gasteiger partial charge in [0.05, 0.1) is 11.9 Å². The van der Waals surface area contributed by atoms with Crippen molar-refractivity contribution in [3.05, 3.63) is 12.4 Å². The summed E-state index contributed by atoms with van der Waals surface area (Å²) in [5.74, 6) is -0.374. The second-order valence-electron chi connectivity index (χ2n) is 4.99. The predicted molar refractivity (Wildman–Crippen MR) is 69.7 cm³/mol. The van der Waals surface area contributed by atoms with Crippen molar-refractivity contribution in [3.63, 3.8) is 0 Å². The van der Waals surface area contributed by atoms with Crippen LogP contribution in [0, 0.1) is 5.92 Å². The van der Waals surface area contributed by atoms with Gasteiger partial charge in [-0.25, -0.2) is 0 Å². The molecule has 7 nitrogen and oxygen atoms in total. The lowest BCUT2D eigenvalue weighted by molar-refractivity contribution is -0.123. The van der Waals surface area contributed by atoms with E-state index in [1.165, 1.54) is 10.9 Å². The van der Waals surface area contributed by atoms with Gasteiger partial charge in [-0.2, -0.15) is 5.10 Å². The molecule has 2 amide bonds. The van der Waals surface area contributed by atoms with Crippen LogP contribution in [0.2, 0.25) is 0 Å². The van der Waals surface area contributed by atoms with Gasteiger partial charge in [0.1, 0.15) is 6.54 Å². The number of hydrogen-bond acceptors (Lipinski definition) is 4. The predicted octanol–water partition coefficient (Wildman–Crippen LogP) is -0.374. The summed E-state index contributed by atoms with van der Waals surface area (Å²) in [7, 11) is 0. The molecule has 0 spiro atoms. The van der Waals surface area contributed by atoms with E-state index < -0.39 is 0 Å². The molecular formula is C12H19N5O2. The van der Waals surface area contributed by atoms with E-state index in [0.29, 0.717) is 5.69 Å². The van der Waals surface area contributed by atoms with Crippen molar-refractivity contribution in [3.8, 4) is 0 Å². The van der Waals surface area contributed by atoms with E-state index in [2.05, 4.69) is 10.4 Å². The third kappa shape index (κ3) is 3.70. The van der Waals surface area contributed by atoms with E-state index in [1.54, 1.807) is 6.20 Å². The molecule has 0 bridgehead atoms. The first-order chi connectivity index (χ1) is 9.04. The first-order valence-electron chi connectivity index (χ1n) is 6.41. The zero-order chi connectivity index (χ0) is 13.8. The summed E-state index contributed by atoms with van der Waals surface area (Å²) in [6.07, 6.45) is 6.19. The molecule has 0 radical (unpaired) electrons. The lowest BCUT2D eigenvalue weighted by Crippen LogP contribution is -2.41. The number of hydrogen-bond donors (Lipinski definition) is 3. The highest BCUT2D eigenvalue weighted by Gasteiger charge is 2.25. The molecule has 104 valence electrons. The first kappa shape index (κ1) is 13.4. The van der Waals surface area contributed by atoms with E-state index in [4.69, 9.17) is 11.5 Å². The Hall–Kier alpha value is -2.05. The van der Waals surface area contributed by atoms with E-state index in [0.717, 1.165) is 25.7 Å². The molecule has 2 rings (SSSR count). The summed E-state index contributed by atoms with van der Waals surface area (Å²) in [6, 6.07) is 0.121. The number of nitrogen functional groups attached to an aromatic ring is 1. The van der Waals surface area contributed by atoms with E-state index in [1.807, 2.05) is 0 Å². The molecule has 0 aromatic carbocycles. The van der Waals surface area contributed by atoms with Gasteiger partial charge in [-0.05, 0) is 25.7 Å². The summed E-state index contributed by atoms with van der Waals surface area (Å²) in [5, 5.41) is 6.90. The van der Waals surface area contributed by atoms with Crippen LogP contribution in [-0.4, -0.2) is 27.6 Å². The minimum Gasteiger partial charge on any atom is -0.396 e. The lowest BCUT2D eigenvalue weighted by Gasteiger charge is -2.27. The molecular weight excluding hydrogens is 246 g/mol. The SMILES string of the molecule is NC(=O)C1CCC(NC(=O)Cn2cc(N)cn2)CC1. The Labute approximate surface area is 111 Å². The van der Waals surface area contributed by atoms with E-state index >= 15 is 0 Å². The summed E-state index contributed by atoms with van der Waals surface area (Å²) >= 11 is 0. The van der Waals surface area contributed by atoms with Crippen LogP contribution >= 0.6 is 0 Å². The topological polar surface area (TPSA) is 116 Å². The van der Waals surface area contributed by atoms with Gasteiger partial charge in [0, 0.05) is 18.2 Å². The van der Waals surface area contributed by atoms with Crippen LogP contribution in [0.25, 0.3) is 0 Å². The molecule has 1 heterocycles. The van der Waals surface area contributed by atoms with Crippen LogP contribution in [0.4, 0.5) is 5.69 Å². The normalized spacial score (nSPS) is 22.9. The van der Waals surface area contributed by atoms with Gasteiger partial charge in [0.25, 0.3) is 0 Å². The molecule has 1 saturated carbocycles. The molecule has 19 heavy (non-hydrogen) atoms. The van der Waals surface area contributed by atoms with Gasteiger partial charge in [-0.15, -0.1) is 0 Å². The summed E-state index contributed by atoms with van der Waals surface area (Å²) in [5.41, 5.74) is 11.3. The zero-order valence-corrected chi connectivity index (χ0v) is 10.7. The fraction of sp³-hybridized carbons (Fsp3) is 0.583. The van der Waals surface area contributed by atoms with Crippen LogP contribution in [0.15, 0.2) is 12.4 Å². The van der Waals surface area contributed by atoms with Crippen molar-refractivity contribution in [2.24, 2.45) is 11.7 Å². The number of aromatic nitrogens is 2. The largest absolute Gasteiger partial charge is 0.396 e. The summed E-state index contributed by atoms with van der Waals surface area (Å²) < 4.78 is 1.50. The molecule has 1 aliphatic rings. The maximum Gasteiger partial charge on any atom is 0.241 e. The highest BCUT2D eigenvalue weighted by molar-refractivity contribution is 5.77. The van der Waals surface area contributed by atoms with Crippen LogP contribution in [-0.2, 0) is 16.1 Å². The van der Waals surface area contributed by atoms with Gasteiger partial charge < -0.3 is 16.8 Å². The van der Waals surface area contributed by atoms with Crippen molar-refractivity contribution in [2.75, 3.05) is 5.73 Å². The molecule has 1 fully saturated rings. The number of amides is 2. The molecule has 1 aromatic heterocycles. The average molecular weight is 265 g/mol. The number of anilines is 1. The molecule has 0 unspecified atom stereocenters. The van der Waals surface area contributed by atoms with Gasteiger partial charge in [-0.1, -0.05) is 0 Å². The van der Waals surface area contributed by atoms with Crippen molar-refractivity contribution >= 4 is 17.5 Å². The number of nitrogens with two attached hydrogens (primary N) is 2. The quantitative estimate of drug-likeness (QED) is 0.688. The average Bonchev–Trinajstić information content (AvgIpc) is 2.75. The summed E-state index contributed by atoms with van der Waals surface area (Å²) in [4.78, 5) is 22.8. The van der Waals surface area contributed by atoms with Crippen molar-refractivity contribution in [2.45, 2.75) is 38.3 Å². The smallest absolute Gasteiger partial charge is 0.241 e. The Bertz CT molecular complexity index is 462. The zero-order valence-electron chi connectivity index (χ0n) is 10.7. The third-order valence-electron chi connectivity index (χ3n) is 3.45. The van der Waals surface area contributed by atoms with Crippen molar-refractivity contribution in [1.82, 2.24) is 15.1 Å². The maximum absolute atomic E-state index is 11.8. The molecule has 7 heteroatoms. The number of nitrogens with zero attached hydrogens (tertiary/aromatic N) is 2. The van der Waals surface area contributed by atoms with Crippen LogP contribution < -0.4 is 16.8 Å². The van der Waals surface area contributed by atoms with Crippen LogP contribution in [0.1, 0.15) is 25.7 Å². The number of nitrogens with one attached hydrogen (secondary N) is 1. The van der Waals surface area contributed by atoms with Gasteiger partial charge in [-0.3, -0.25) is 14.3 Å². The Kier molecular flexibility index (Phi) is 4.03. The van der Waals surface area contributed by atoms with Gasteiger partial charge >= 0.3 is 0 Å². The van der Waals surface area contributed by atoms with E-state index in [9.17, 15) is 9.59 Å². The molecule has 0 atom stereocenters. The molecule has 0 saturated heterocycles. The summed E-state index contributed by atoms with van der Waals surface area (Å²) in [6.45, 7) is 0.160. The Morgan fingerprint density at radius 3 is 2.58 bits per heavy atom. The van der Waals surface area contributed by atoms with Gasteiger partial charge in [0.2, 0.25) is 11.8 Å². The fourth-order valence-electron chi connectivity index (χ4n) is 2.41. The second kappa shape index (κ2) is 5.73. The molecule has 5 N–H and O–H groups in total. The minimum absolute atomic E-state index is 0.0425. The fourth-order valence-corrected chi connectivity index (χ4v) is 2.41. The minimum atomic E-state index is -0.239. The van der Waals surface area contributed by atoms with Crippen LogP contribution in [0.5, 0.6) is 0 Å². The van der Waals surface area contributed by atoms with Crippen molar-refractivity contribution < 1.29 is 9.59 Å². The third-order valence-corrected chi connectivity index (χ3v) is 3.45. The highest BCUT2D eigenvalue weighted by Crippen LogP contribution is 2.23. The lowest BCUT2D eigenvalue weighted by atomic mass is 9.85. The molecule has 0 aliphatic heterocycles. The monoisotopic (exact) mass is 265 g/mol. The second-order valence-corrected chi connectivity index (χ2v) is 4.99. The number of carbonyl (C=O) groups excluding carboxylic acids is 2. The standard InChI is InChI=1S/C12H19N5O2/c13-9-5-15-17(6-9)7-11(18)16-10-3-1-8(2-4-10)12(14)19/h5-6,8,10H,1-4,7,13H2,(H2,14,19)(H,16,18). The van der Waals surface area contributed by atoms with Crippen molar-refractivity contribution in [1.29, 1.82) is 0 Å². The maximum atomic E-state index is 11.8. The number of rotatable bonds is 4.